The van der Waals surface area contributed by atoms with Gasteiger partial charge < -0.3 is 10.1 Å². The molecule has 1 fully saturated rings. The highest BCUT2D eigenvalue weighted by Crippen LogP contribution is 2.36. The Morgan fingerprint density at radius 2 is 2.13 bits per heavy atom. The summed E-state index contributed by atoms with van der Waals surface area (Å²) >= 11 is 5.70. The van der Waals surface area contributed by atoms with E-state index in [0.29, 0.717) is 6.61 Å². The maximum Gasteiger partial charge on any atom is 0.436 e. The number of hydrogen-bond acceptors (Lipinski definition) is 3. The first-order valence-corrected chi connectivity index (χ1v) is 7.74. The second-order valence-electron chi connectivity index (χ2n) is 5.72. The molecule has 23 heavy (non-hydrogen) atoms. The van der Waals surface area contributed by atoms with Crippen LogP contribution in [0.5, 0.6) is 0 Å². The lowest BCUT2D eigenvalue weighted by Gasteiger charge is -2.22. The van der Waals surface area contributed by atoms with Crippen molar-refractivity contribution in [3.63, 3.8) is 0 Å². The van der Waals surface area contributed by atoms with E-state index in [2.05, 4.69) is 10.4 Å². The van der Waals surface area contributed by atoms with E-state index in [0.717, 1.165) is 17.5 Å². The molecule has 5 nitrogen and oxygen atoms in total. The zero-order valence-electron chi connectivity index (χ0n) is 13.1. The van der Waals surface area contributed by atoms with Crippen molar-refractivity contribution in [2.24, 2.45) is 0 Å². The molecule has 1 aromatic heterocycles. The summed E-state index contributed by atoms with van der Waals surface area (Å²) in [6.07, 6.45) is -2.95. The Kier molecular flexibility index (Phi) is 5.25. The quantitative estimate of drug-likeness (QED) is 0.905. The predicted molar refractivity (Wildman–Crippen MR) is 78.3 cm³/mol. The molecule has 9 heteroatoms. The number of aromatic nitrogens is 2. The van der Waals surface area contributed by atoms with Crippen molar-refractivity contribution in [3.8, 4) is 0 Å². The Hall–Kier alpha value is -1.28. The number of ether oxygens (including phenoxy) is 1. The van der Waals surface area contributed by atoms with E-state index in [-0.39, 0.29) is 17.8 Å². The molecule has 0 saturated carbocycles. The monoisotopic (exact) mass is 353 g/mol. The van der Waals surface area contributed by atoms with Gasteiger partial charge in [-0.1, -0.05) is 11.6 Å². The van der Waals surface area contributed by atoms with Crippen molar-refractivity contribution in [1.29, 1.82) is 0 Å². The number of hydrogen-bond donors (Lipinski definition) is 1. The van der Waals surface area contributed by atoms with E-state index in [4.69, 9.17) is 16.3 Å². The fourth-order valence-corrected chi connectivity index (χ4v) is 2.83. The first-order valence-electron chi connectivity index (χ1n) is 7.36. The number of carbonyl (C=O) groups excluding carboxylic acids is 1. The SMILES string of the molecule is Cc1c(Cl)c(C(F)(F)F)nn1[C@@H](C)C(=O)N[C@@H](C)[C@@H]1CCCO1. The van der Waals surface area contributed by atoms with Gasteiger partial charge >= 0.3 is 6.18 Å². The third kappa shape index (κ3) is 3.80. The summed E-state index contributed by atoms with van der Waals surface area (Å²) in [5, 5.41) is 5.76. The number of alkyl halides is 3. The minimum atomic E-state index is -4.66. The van der Waals surface area contributed by atoms with E-state index >= 15 is 0 Å². The van der Waals surface area contributed by atoms with E-state index in [1.54, 1.807) is 0 Å². The van der Waals surface area contributed by atoms with Gasteiger partial charge in [-0.25, -0.2) is 0 Å². The molecule has 3 atom stereocenters. The summed E-state index contributed by atoms with van der Waals surface area (Å²) in [5.41, 5.74) is -1.07. The van der Waals surface area contributed by atoms with E-state index in [1.165, 1.54) is 13.8 Å². The first-order chi connectivity index (χ1) is 10.6. The molecule has 0 unspecified atom stereocenters. The van der Waals surface area contributed by atoms with Crippen molar-refractivity contribution >= 4 is 17.5 Å². The lowest BCUT2D eigenvalue weighted by atomic mass is 10.1. The van der Waals surface area contributed by atoms with Gasteiger partial charge in [0.15, 0.2) is 5.69 Å². The topological polar surface area (TPSA) is 56.2 Å². The number of carbonyl (C=O) groups is 1. The molecule has 1 aliphatic rings. The molecule has 130 valence electrons. The van der Waals surface area contributed by atoms with Crippen LogP contribution >= 0.6 is 11.6 Å². The van der Waals surface area contributed by atoms with Crippen molar-refractivity contribution in [2.45, 2.75) is 58.0 Å². The number of nitrogens with zero attached hydrogens (tertiary/aromatic N) is 2. The van der Waals surface area contributed by atoms with E-state index in [1.807, 2.05) is 6.92 Å². The Bertz CT molecular complexity index is 583. The van der Waals surface area contributed by atoms with E-state index < -0.39 is 28.8 Å². The van der Waals surface area contributed by atoms with Crippen molar-refractivity contribution in [1.82, 2.24) is 15.1 Å². The molecule has 0 bridgehead atoms. The van der Waals surface area contributed by atoms with Crippen LogP contribution in [-0.2, 0) is 15.7 Å². The molecule has 0 aromatic carbocycles. The second-order valence-corrected chi connectivity index (χ2v) is 6.09. The molecule has 0 spiro atoms. The number of amides is 1. The van der Waals surface area contributed by atoms with Crippen molar-refractivity contribution < 1.29 is 22.7 Å². The minimum absolute atomic E-state index is 0.0702. The fourth-order valence-electron chi connectivity index (χ4n) is 2.60. The van der Waals surface area contributed by atoms with Crippen LogP contribution in [0.25, 0.3) is 0 Å². The number of nitrogens with one attached hydrogen (secondary N) is 1. The van der Waals surface area contributed by atoms with Gasteiger partial charge in [-0.3, -0.25) is 9.48 Å². The van der Waals surface area contributed by atoms with Crippen molar-refractivity contribution in [3.05, 3.63) is 16.4 Å². The molecule has 1 N–H and O–H groups in total. The van der Waals surface area contributed by atoms with Crippen LogP contribution in [0.15, 0.2) is 0 Å². The Morgan fingerprint density at radius 1 is 1.48 bits per heavy atom. The molecular weight excluding hydrogens is 335 g/mol. The van der Waals surface area contributed by atoms with Crippen LogP contribution in [-0.4, -0.2) is 34.4 Å². The standard InChI is InChI=1S/C14H19ClF3N3O2/c1-7(10-5-4-6-23-10)19-13(22)9(3)21-8(2)11(15)12(20-21)14(16,17)18/h7,9-10H,4-6H2,1-3H3,(H,19,22)/t7-,9-,10-/m0/s1. The van der Waals surface area contributed by atoms with Gasteiger partial charge in [0.2, 0.25) is 5.91 Å². The summed E-state index contributed by atoms with van der Waals surface area (Å²) in [7, 11) is 0. The fraction of sp³-hybridized carbons (Fsp3) is 0.714. The average molecular weight is 354 g/mol. The molecule has 1 aliphatic heterocycles. The Morgan fingerprint density at radius 3 is 2.61 bits per heavy atom. The Labute approximate surface area is 137 Å². The normalized spacial score (nSPS) is 21.3. The molecule has 2 heterocycles. The molecule has 0 radical (unpaired) electrons. The zero-order valence-corrected chi connectivity index (χ0v) is 13.8. The number of rotatable bonds is 4. The van der Waals surface area contributed by atoms with Crippen LogP contribution in [0.1, 0.15) is 44.1 Å². The summed E-state index contributed by atoms with van der Waals surface area (Å²) < 4.78 is 45.0. The van der Waals surface area contributed by atoms with Crippen LogP contribution in [0.2, 0.25) is 5.02 Å². The molecule has 1 aromatic rings. The van der Waals surface area contributed by atoms with Gasteiger partial charge in [-0.15, -0.1) is 0 Å². The smallest absolute Gasteiger partial charge is 0.376 e. The lowest BCUT2D eigenvalue weighted by molar-refractivity contribution is -0.142. The first kappa shape index (κ1) is 18.1. The van der Waals surface area contributed by atoms with E-state index in [9.17, 15) is 18.0 Å². The molecule has 2 rings (SSSR count). The summed E-state index contributed by atoms with van der Waals surface area (Å²) in [4.78, 5) is 12.3. The van der Waals surface area contributed by atoms with Crippen LogP contribution < -0.4 is 5.32 Å². The molecule has 1 amide bonds. The highest BCUT2D eigenvalue weighted by molar-refractivity contribution is 6.32. The predicted octanol–water partition coefficient (Wildman–Crippen LogP) is 3.11. The van der Waals surface area contributed by atoms with Gasteiger partial charge in [0.05, 0.1) is 22.9 Å². The van der Waals surface area contributed by atoms with Gasteiger partial charge in [-0.05, 0) is 33.6 Å². The largest absolute Gasteiger partial charge is 0.436 e. The summed E-state index contributed by atoms with van der Waals surface area (Å²) in [6.45, 7) is 5.35. The van der Waals surface area contributed by atoms with Crippen LogP contribution in [0.4, 0.5) is 13.2 Å². The Balaban J connectivity index is 2.13. The third-order valence-corrected chi connectivity index (χ3v) is 4.44. The minimum Gasteiger partial charge on any atom is -0.376 e. The van der Waals surface area contributed by atoms with Crippen LogP contribution in [0, 0.1) is 6.92 Å². The lowest BCUT2D eigenvalue weighted by Crippen LogP contribution is -2.43. The summed E-state index contributed by atoms with van der Waals surface area (Å²) in [5.74, 6) is -0.427. The van der Waals surface area contributed by atoms with Gasteiger partial charge in [0, 0.05) is 6.61 Å². The number of halogens is 4. The average Bonchev–Trinajstić information content (AvgIpc) is 3.07. The maximum absolute atomic E-state index is 12.8. The second kappa shape index (κ2) is 6.68. The highest BCUT2D eigenvalue weighted by atomic mass is 35.5. The molecule has 0 aliphatic carbocycles. The summed E-state index contributed by atoms with van der Waals surface area (Å²) in [6, 6.07) is -1.13. The van der Waals surface area contributed by atoms with Crippen LogP contribution in [0.3, 0.4) is 0 Å². The van der Waals surface area contributed by atoms with Gasteiger partial charge in [0.1, 0.15) is 6.04 Å². The third-order valence-electron chi connectivity index (χ3n) is 3.98. The zero-order chi connectivity index (χ0) is 17.4. The molecular formula is C14H19ClF3N3O2. The van der Waals surface area contributed by atoms with Crippen molar-refractivity contribution in [2.75, 3.05) is 6.61 Å². The van der Waals surface area contributed by atoms with Gasteiger partial charge in [-0.2, -0.15) is 18.3 Å². The maximum atomic E-state index is 12.8. The molecule has 1 saturated heterocycles. The van der Waals surface area contributed by atoms with Gasteiger partial charge in [0.25, 0.3) is 0 Å². The highest BCUT2D eigenvalue weighted by Gasteiger charge is 2.39.